The highest BCUT2D eigenvalue weighted by atomic mass is 16.2. The normalized spacial score (nSPS) is 16.8. The van der Waals surface area contributed by atoms with Gasteiger partial charge in [0.25, 0.3) is 0 Å². The predicted molar refractivity (Wildman–Crippen MR) is 91.3 cm³/mol. The number of piperazine rings is 1. The SMILES string of the molecule is C[C@@H](Cn1cccn1)NC(=O)N1CCN(Cc2cccnc2)CC1. The summed E-state index contributed by atoms with van der Waals surface area (Å²) in [7, 11) is 0. The number of hydrogen-bond acceptors (Lipinski definition) is 4. The maximum Gasteiger partial charge on any atom is 0.317 e. The Morgan fingerprint density at radius 2 is 2.08 bits per heavy atom. The van der Waals surface area contributed by atoms with Crippen LogP contribution in [0.1, 0.15) is 12.5 Å². The highest BCUT2D eigenvalue weighted by molar-refractivity contribution is 5.74. The van der Waals surface area contributed by atoms with E-state index in [0.29, 0.717) is 6.54 Å². The molecule has 0 saturated carbocycles. The van der Waals surface area contributed by atoms with E-state index >= 15 is 0 Å². The first-order chi connectivity index (χ1) is 11.7. The Morgan fingerprint density at radius 3 is 2.75 bits per heavy atom. The summed E-state index contributed by atoms with van der Waals surface area (Å²) in [6, 6.07) is 5.99. The van der Waals surface area contributed by atoms with E-state index in [4.69, 9.17) is 0 Å². The molecule has 0 bridgehead atoms. The third-order valence-electron chi connectivity index (χ3n) is 4.18. The van der Waals surface area contributed by atoms with E-state index in [0.717, 1.165) is 32.7 Å². The number of carbonyl (C=O) groups is 1. The summed E-state index contributed by atoms with van der Waals surface area (Å²) in [6.45, 7) is 6.84. The van der Waals surface area contributed by atoms with Crippen molar-refractivity contribution in [3.8, 4) is 0 Å². The number of carbonyl (C=O) groups excluding carboxylic acids is 1. The molecule has 2 aromatic rings. The van der Waals surface area contributed by atoms with Gasteiger partial charge in [0.15, 0.2) is 0 Å². The van der Waals surface area contributed by atoms with Crippen LogP contribution in [-0.4, -0.2) is 62.8 Å². The maximum absolute atomic E-state index is 12.4. The van der Waals surface area contributed by atoms with Gasteiger partial charge in [-0.05, 0) is 24.6 Å². The average Bonchev–Trinajstić information content (AvgIpc) is 3.09. The Kier molecular flexibility index (Phi) is 5.43. The molecule has 2 aromatic heterocycles. The van der Waals surface area contributed by atoms with Gasteiger partial charge < -0.3 is 10.2 Å². The largest absolute Gasteiger partial charge is 0.334 e. The Morgan fingerprint density at radius 1 is 1.25 bits per heavy atom. The van der Waals surface area contributed by atoms with Gasteiger partial charge in [0, 0.05) is 63.6 Å². The Balaban J connectivity index is 1.41. The maximum atomic E-state index is 12.4. The molecule has 1 aliphatic rings. The fourth-order valence-electron chi connectivity index (χ4n) is 2.90. The van der Waals surface area contributed by atoms with Gasteiger partial charge in [0.1, 0.15) is 0 Å². The number of nitrogens with zero attached hydrogens (tertiary/aromatic N) is 5. The molecule has 0 unspecified atom stereocenters. The van der Waals surface area contributed by atoms with Gasteiger partial charge in [-0.15, -0.1) is 0 Å². The van der Waals surface area contributed by atoms with E-state index < -0.39 is 0 Å². The smallest absolute Gasteiger partial charge is 0.317 e. The fraction of sp³-hybridized carbons (Fsp3) is 0.471. The second kappa shape index (κ2) is 7.92. The number of nitrogens with one attached hydrogen (secondary N) is 1. The van der Waals surface area contributed by atoms with Crippen LogP contribution in [0, 0.1) is 0 Å². The molecule has 1 N–H and O–H groups in total. The Hall–Kier alpha value is -2.41. The van der Waals surface area contributed by atoms with Crippen molar-refractivity contribution < 1.29 is 4.79 Å². The quantitative estimate of drug-likeness (QED) is 0.895. The fourth-order valence-corrected chi connectivity index (χ4v) is 2.90. The molecule has 3 heterocycles. The van der Waals surface area contributed by atoms with Crippen LogP contribution in [0.3, 0.4) is 0 Å². The molecule has 1 saturated heterocycles. The third-order valence-corrected chi connectivity index (χ3v) is 4.18. The molecule has 0 spiro atoms. The lowest BCUT2D eigenvalue weighted by Crippen LogP contribution is -2.53. The minimum atomic E-state index is 0.00989. The van der Waals surface area contributed by atoms with E-state index in [9.17, 15) is 4.79 Å². The van der Waals surface area contributed by atoms with Crippen molar-refractivity contribution in [2.45, 2.75) is 26.1 Å². The lowest BCUT2D eigenvalue weighted by molar-refractivity contribution is 0.133. The van der Waals surface area contributed by atoms with E-state index in [1.165, 1.54) is 5.56 Å². The van der Waals surface area contributed by atoms with Crippen molar-refractivity contribution in [1.29, 1.82) is 0 Å². The first-order valence-corrected chi connectivity index (χ1v) is 8.35. The molecule has 3 rings (SSSR count). The van der Waals surface area contributed by atoms with Gasteiger partial charge in [-0.2, -0.15) is 5.10 Å². The Bertz CT molecular complexity index is 622. The second-order valence-corrected chi connectivity index (χ2v) is 6.20. The number of aromatic nitrogens is 3. The predicted octanol–water partition coefficient (Wildman–Crippen LogP) is 1.19. The number of hydrogen-bond donors (Lipinski definition) is 1. The van der Waals surface area contributed by atoms with Crippen LogP contribution in [0.2, 0.25) is 0 Å². The lowest BCUT2D eigenvalue weighted by Gasteiger charge is -2.35. The molecule has 0 aromatic carbocycles. The van der Waals surface area contributed by atoms with Crippen molar-refractivity contribution in [3.05, 3.63) is 48.5 Å². The molecular formula is C17H24N6O. The summed E-state index contributed by atoms with van der Waals surface area (Å²) in [4.78, 5) is 20.8. The molecule has 7 heteroatoms. The number of urea groups is 1. The summed E-state index contributed by atoms with van der Waals surface area (Å²) in [5.74, 6) is 0. The minimum Gasteiger partial charge on any atom is -0.334 e. The summed E-state index contributed by atoms with van der Waals surface area (Å²) < 4.78 is 1.83. The standard InChI is InChI=1S/C17H24N6O/c1-15(13-23-7-3-6-19-23)20-17(24)22-10-8-21(9-11-22)14-16-4-2-5-18-12-16/h2-7,12,15H,8-11,13-14H2,1H3,(H,20,24)/t15-/m0/s1. The van der Waals surface area contributed by atoms with Gasteiger partial charge in [0.2, 0.25) is 0 Å². The minimum absolute atomic E-state index is 0.00989. The second-order valence-electron chi connectivity index (χ2n) is 6.20. The first kappa shape index (κ1) is 16.4. The van der Waals surface area contributed by atoms with E-state index in [1.54, 1.807) is 12.4 Å². The van der Waals surface area contributed by atoms with Crippen LogP contribution in [0.25, 0.3) is 0 Å². The molecule has 1 fully saturated rings. The van der Waals surface area contributed by atoms with Crippen LogP contribution in [0.4, 0.5) is 4.79 Å². The van der Waals surface area contributed by atoms with Gasteiger partial charge in [0.05, 0.1) is 6.54 Å². The first-order valence-electron chi connectivity index (χ1n) is 8.35. The molecule has 2 amide bonds. The van der Waals surface area contributed by atoms with Gasteiger partial charge in [-0.1, -0.05) is 6.07 Å². The van der Waals surface area contributed by atoms with Crippen LogP contribution in [0.5, 0.6) is 0 Å². The number of pyridine rings is 1. The van der Waals surface area contributed by atoms with Crippen LogP contribution < -0.4 is 5.32 Å². The topological polar surface area (TPSA) is 66.3 Å². The lowest BCUT2D eigenvalue weighted by atomic mass is 10.2. The van der Waals surface area contributed by atoms with Crippen molar-refractivity contribution in [3.63, 3.8) is 0 Å². The van der Waals surface area contributed by atoms with E-state index in [2.05, 4.69) is 26.4 Å². The molecule has 0 aliphatic carbocycles. The summed E-state index contributed by atoms with van der Waals surface area (Å²) in [5, 5.41) is 7.22. The van der Waals surface area contributed by atoms with E-state index in [1.807, 2.05) is 41.0 Å². The molecule has 1 atom stereocenters. The van der Waals surface area contributed by atoms with Crippen molar-refractivity contribution in [2.75, 3.05) is 26.2 Å². The zero-order chi connectivity index (χ0) is 16.8. The summed E-state index contributed by atoms with van der Waals surface area (Å²) >= 11 is 0. The molecule has 1 aliphatic heterocycles. The van der Waals surface area contributed by atoms with Crippen LogP contribution >= 0.6 is 0 Å². The van der Waals surface area contributed by atoms with Crippen LogP contribution in [0.15, 0.2) is 43.0 Å². The number of amides is 2. The number of rotatable bonds is 5. The van der Waals surface area contributed by atoms with Crippen molar-refractivity contribution in [1.82, 2.24) is 29.9 Å². The zero-order valence-corrected chi connectivity index (χ0v) is 14.0. The zero-order valence-electron chi connectivity index (χ0n) is 14.0. The molecular weight excluding hydrogens is 304 g/mol. The molecule has 0 radical (unpaired) electrons. The highest BCUT2D eigenvalue weighted by Gasteiger charge is 2.22. The monoisotopic (exact) mass is 328 g/mol. The highest BCUT2D eigenvalue weighted by Crippen LogP contribution is 2.08. The summed E-state index contributed by atoms with van der Waals surface area (Å²) in [6.07, 6.45) is 7.34. The average molecular weight is 328 g/mol. The van der Waals surface area contributed by atoms with E-state index in [-0.39, 0.29) is 12.1 Å². The summed E-state index contributed by atoms with van der Waals surface area (Å²) in [5.41, 5.74) is 1.21. The molecule has 128 valence electrons. The Labute approximate surface area is 142 Å². The van der Waals surface area contributed by atoms with Crippen molar-refractivity contribution >= 4 is 6.03 Å². The van der Waals surface area contributed by atoms with Crippen molar-refractivity contribution in [2.24, 2.45) is 0 Å². The molecule has 24 heavy (non-hydrogen) atoms. The third kappa shape index (κ3) is 4.55. The van der Waals surface area contributed by atoms with Gasteiger partial charge in [-0.3, -0.25) is 14.6 Å². The van der Waals surface area contributed by atoms with Gasteiger partial charge >= 0.3 is 6.03 Å². The molecule has 7 nitrogen and oxygen atoms in total. The van der Waals surface area contributed by atoms with Gasteiger partial charge in [-0.25, -0.2) is 4.79 Å². The van der Waals surface area contributed by atoms with Crippen LogP contribution in [-0.2, 0) is 13.1 Å².